The van der Waals surface area contributed by atoms with Gasteiger partial charge in [-0.1, -0.05) is 25.0 Å². The van der Waals surface area contributed by atoms with Crippen LogP contribution >= 0.6 is 11.3 Å². The zero-order chi connectivity index (χ0) is 40.3. The number of rotatable bonds is 9. The number of aromatic nitrogens is 2. The van der Waals surface area contributed by atoms with E-state index in [1.54, 1.807) is 12.0 Å². The lowest BCUT2D eigenvalue weighted by molar-refractivity contribution is -0.147. The summed E-state index contributed by atoms with van der Waals surface area (Å²) >= 11 is 1.53. The fraction of sp³-hybridized carbons (Fsp3) is 0.571. The van der Waals surface area contributed by atoms with E-state index >= 15 is 0 Å². The highest BCUT2D eigenvalue weighted by Gasteiger charge is 2.62. The smallest absolute Gasteiger partial charge is 0.259 e. The number of fused-ring (bicyclic) bond motifs is 3. The summed E-state index contributed by atoms with van der Waals surface area (Å²) in [4.78, 5) is 69.6. The molecule has 9 rings (SSSR count). The summed E-state index contributed by atoms with van der Waals surface area (Å²) < 4.78 is 40.6. The number of likely N-dealkylation sites (tertiary alicyclic amines) is 1. The van der Waals surface area contributed by atoms with Gasteiger partial charge < -0.3 is 24.6 Å². The molecule has 14 nitrogen and oxygen atoms in total. The van der Waals surface area contributed by atoms with Gasteiger partial charge in [-0.05, 0) is 76.8 Å². The zero-order valence-electron chi connectivity index (χ0n) is 32.9. The van der Waals surface area contributed by atoms with Gasteiger partial charge in [0.05, 0.1) is 30.1 Å². The molecule has 0 unspecified atom stereocenters. The monoisotopic (exact) mass is 830 g/mol. The minimum absolute atomic E-state index is 0.0609. The number of pyridine rings is 1. The van der Waals surface area contributed by atoms with Crippen molar-refractivity contribution < 1.29 is 37.1 Å². The first-order valence-corrected chi connectivity index (χ1v) is 23.1. The third kappa shape index (κ3) is 7.46. The predicted octanol–water partition coefficient (Wildman–Crippen LogP) is 4.90. The minimum atomic E-state index is -3.88. The topological polar surface area (TPSA) is 177 Å². The van der Waals surface area contributed by atoms with Crippen molar-refractivity contribution in [3.05, 3.63) is 47.0 Å². The maximum Gasteiger partial charge on any atom is 0.259 e. The third-order valence-corrected chi connectivity index (χ3v) is 15.4. The Hall–Kier alpha value is -4.57. The molecule has 0 bridgehead atoms. The molecule has 16 heteroatoms. The van der Waals surface area contributed by atoms with Crippen LogP contribution in [0.1, 0.15) is 101 Å². The van der Waals surface area contributed by atoms with Gasteiger partial charge in [-0.3, -0.25) is 23.9 Å². The molecule has 5 heterocycles. The Balaban J connectivity index is 1.06. The number of sulfonamides is 1. The molecule has 2 aromatic heterocycles. The van der Waals surface area contributed by atoms with E-state index in [4.69, 9.17) is 19.4 Å². The molecule has 2 N–H and O–H groups in total. The Labute approximate surface area is 342 Å². The van der Waals surface area contributed by atoms with E-state index in [1.807, 2.05) is 37.3 Å². The van der Waals surface area contributed by atoms with E-state index < -0.39 is 56.7 Å². The molecule has 0 spiro atoms. The number of hydrogen-bond acceptors (Lipinski definition) is 11. The first-order chi connectivity index (χ1) is 28.0. The van der Waals surface area contributed by atoms with Crippen LogP contribution in [0.25, 0.3) is 21.6 Å². The van der Waals surface area contributed by atoms with E-state index in [0.29, 0.717) is 67.3 Å². The Morgan fingerprint density at radius 2 is 1.83 bits per heavy atom. The average Bonchev–Trinajstić information content (AvgIpc) is 4.17. The molecule has 3 aromatic rings. The van der Waals surface area contributed by atoms with Crippen molar-refractivity contribution in [3.63, 3.8) is 0 Å². The van der Waals surface area contributed by atoms with Crippen LogP contribution in [0.15, 0.2) is 35.7 Å². The van der Waals surface area contributed by atoms with Crippen LogP contribution in [0.2, 0.25) is 0 Å². The van der Waals surface area contributed by atoms with Crippen LogP contribution in [-0.4, -0.2) is 101 Å². The van der Waals surface area contributed by atoms with Crippen LogP contribution in [0.3, 0.4) is 0 Å². The fourth-order valence-corrected chi connectivity index (χ4v) is 11.2. The van der Waals surface area contributed by atoms with Gasteiger partial charge >= 0.3 is 0 Å². The molecule has 5 atom stereocenters. The lowest BCUT2D eigenvalue weighted by atomic mass is 10.0. The van der Waals surface area contributed by atoms with Gasteiger partial charge in [-0.15, -0.1) is 11.3 Å². The number of ether oxygens (including phenoxy) is 2. The quantitative estimate of drug-likeness (QED) is 0.282. The summed E-state index contributed by atoms with van der Waals surface area (Å²) in [5.41, 5.74) is 1.75. The van der Waals surface area contributed by atoms with Crippen molar-refractivity contribution >= 4 is 55.9 Å². The second-order valence-electron chi connectivity index (χ2n) is 16.8. The predicted molar refractivity (Wildman–Crippen MR) is 217 cm³/mol. The SMILES string of the molecule is COc1ccc2c(O[C@@H]3C[C@H]4C(=O)N[C@]5(C(=O)NS(=O)(=O)C6CC6)C[C@H]5/C=C\CCCCC[C@H](N5CCCC5=O)C(=O)N4C3)cc(-c3nc(C4CC4)cs3)nc2c1C. The average molecular weight is 831 g/mol. The first kappa shape index (κ1) is 38.9. The van der Waals surface area contributed by atoms with Gasteiger partial charge in [0.1, 0.15) is 45.9 Å². The summed E-state index contributed by atoms with van der Waals surface area (Å²) in [6.45, 7) is 2.47. The fourth-order valence-electron chi connectivity index (χ4n) is 8.94. The molecular formula is C42H50N6O8S2. The third-order valence-electron chi connectivity index (χ3n) is 12.7. The van der Waals surface area contributed by atoms with Crippen molar-refractivity contribution in [1.82, 2.24) is 29.8 Å². The highest BCUT2D eigenvalue weighted by Crippen LogP contribution is 2.47. The van der Waals surface area contributed by atoms with Gasteiger partial charge in [0.2, 0.25) is 27.7 Å². The molecule has 3 saturated carbocycles. The first-order valence-electron chi connectivity index (χ1n) is 20.7. The molecule has 4 amide bonds. The maximum atomic E-state index is 14.8. The Morgan fingerprint density at radius 1 is 1.00 bits per heavy atom. The number of nitrogens with zero attached hydrogens (tertiary/aromatic N) is 4. The number of hydrogen-bond donors (Lipinski definition) is 2. The largest absolute Gasteiger partial charge is 0.496 e. The molecule has 5 fully saturated rings. The molecule has 3 aliphatic carbocycles. The maximum absolute atomic E-state index is 14.8. The van der Waals surface area contributed by atoms with Crippen LogP contribution in [0.4, 0.5) is 0 Å². The number of benzene rings is 1. The van der Waals surface area contributed by atoms with Gasteiger partial charge in [0.15, 0.2) is 0 Å². The highest BCUT2D eigenvalue weighted by molar-refractivity contribution is 7.91. The van der Waals surface area contributed by atoms with Gasteiger partial charge in [0.25, 0.3) is 5.91 Å². The zero-order valence-corrected chi connectivity index (χ0v) is 34.5. The summed E-state index contributed by atoms with van der Waals surface area (Å²) in [6.07, 6.45) is 11.4. The molecule has 6 aliphatic rings. The molecule has 3 aliphatic heterocycles. The normalized spacial score (nSPS) is 28.6. The van der Waals surface area contributed by atoms with E-state index in [1.165, 1.54) is 16.2 Å². The Kier molecular flexibility index (Phi) is 10.2. The summed E-state index contributed by atoms with van der Waals surface area (Å²) in [5, 5.41) is 5.93. The summed E-state index contributed by atoms with van der Waals surface area (Å²) in [7, 11) is -2.27. The summed E-state index contributed by atoms with van der Waals surface area (Å²) in [5.74, 6) is -0.455. The van der Waals surface area contributed by atoms with E-state index in [0.717, 1.165) is 60.2 Å². The van der Waals surface area contributed by atoms with Crippen LogP contribution in [0.5, 0.6) is 11.5 Å². The standard InChI is InChI=1S/C42H50N6O8S2/c1-24-34(55-2)17-16-29-35(20-30(43-37(24)29)39-44-31(23-57-39)25-12-13-25)56-27-19-33-38(50)45-42(41(52)46-58(53,54)28-14-15-28)21-26(42)9-6-4-3-5-7-10-32(40(51)48(33)22-27)47-18-8-11-36(47)49/h6,9,16-17,20,23,25-28,32-33H,3-5,7-8,10-15,18-19,21-22H2,1-2H3,(H,45,50)(H,46,52)/b9-6-/t26-,27-,32+,33+,42-/m1/s1. The lowest BCUT2D eigenvalue weighted by Crippen LogP contribution is -2.58. The number of nitrogens with one attached hydrogen (secondary N) is 2. The molecule has 2 saturated heterocycles. The molecule has 308 valence electrons. The number of allylic oxidation sites excluding steroid dienone is 1. The molecule has 0 radical (unpaired) electrons. The second-order valence-corrected chi connectivity index (χ2v) is 19.7. The number of carbonyl (C=O) groups excluding carboxylic acids is 4. The minimum Gasteiger partial charge on any atom is -0.496 e. The number of carbonyl (C=O) groups is 4. The van der Waals surface area contributed by atoms with Crippen LogP contribution in [-0.2, 0) is 29.2 Å². The Morgan fingerprint density at radius 3 is 2.57 bits per heavy atom. The highest BCUT2D eigenvalue weighted by atomic mass is 32.2. The van der Waals surface area contributed by atoms with E-state index in [9.17, 15) is 27.6 Å². The van der Waals surface area contributed by atoms with Crippen molar-refractivity contribution in [1.29, 1.82) is 0 Å². The summed E-state index contributed by atoms with van der Waals surface area (Å²) in [6, 6.07) is 3.83. The van der Waals surface area contributed by atoms with Crippen LogP contribution < -0.4 is 19.5 Å². The van der Waals surface area contributed by atoms with E-state index in [2.05, 4.69) is 15.4 Å². The number of aryl methyl sites for hydroxylation is 1. The number of amides is 4. The second kappa shape index (κ2) is 15.2. The molecular weight excluding hydrogens is 781 g/mol. The van der Waals surface area contributed by atoms with Crippen molar-refractivity contribution in [3.8, 4) is 22.2 Å². The lowest BCUT2D eigenvalue weighted by Gasteiger charge is -2.33. The van der Waals surface area contributed by atoms with Gasteiger partial charge in [-0.2, -0.15) is 0 Å². The van der Waals surface area contributed by atoms with Crippen molar-refractivity contribution in [2.45, 2.75) is 125 Å². The van der Waals surface area contributed by atoms with E-state index in [-0.39, 0.29) is 31.2 Å². The number of thiazole rings is 1. The van der Waals surface area contributed by atoms with Crippen molar-refractivity contribution in [2.24, 2.45) is 5.92 Å². The number of methoxy groups -OCH3 is 1. The molecule has 1 aromatic carbocycles. The Bertz CT molecular complexity index is 2300. The van der Waals surface area contributed by atoms with Crippen LogP contribution in [0, 0.1) is 12.8 Å². The van der Waals surface area contributed by atoms with Gasteiger partial charge in [0, 0.05) is 53.6 Å². The molecule has 58 heavy (non-hydrogen) atoms. The van der Waals surface area contributed by atoms with Crippen molar-refractivity contribution in [2.75, 3.05) is 20.2 Å². The van der Waals surface area contributed by atoms with Gasteiger partial charge in [-0.25, -0.2) is 18.4 Å².